The molecule has 5 heterocycles. The minimum absolute atomic E-state index is 0.00112. The number of amidine groups is 1. The summed E-state index contributed by atoms with van der Waals surface area (Å²) in [5.74, 6) is -1.93. The molecule has 14 heteroatoms. The van der Waals surface area contributed by atoms with Gasteiger partial charge in [-0.25, -0.2) is 23.8 Å². The zero-order valence-electron chi connectivity index (χ0n) is 20.5. The number of aliphatic hydroxyl groups is 1. The molecule has 0 spiro atoms. The van der Waals surface area contributed by atoms with Crippen LogP contribution in [0, 0.1) is 5.82 Å². The second-order valence-electron chi connectivity index (χ2n) is 8.79. The number of aromatic nitrogens is 4. The topological polar surface area (TPSA) is 132 Å². The second kappa shape index (κ2) is 9.35. The number of amides is 1. The highest BCUT2D eigenvalue weighted by atomic mass is 35.5. The Kier molecular flexibility index (Phi) is 5.68. The number of hydrogen-bond donors (Lipinski definition) is 2. The van der Waals surface area contributed by atoms with E-state index in [9.17, 15) is 19.5 Å². The number of benzene rings is 1. The fourth-order valence-corrected chi connectivity index (χ4v) is 5.12. The van der Waals surface area contributed by atoms with Crippen LogP contribution in [0.2, 0.25) is 5.02 Å². The van der Waals surface area contributed by atoms with E-state index in [1.165, 1.54) is 52.6 Å². The van der Waals surface area contributed by atoms with Crippen molar-refractivity contribution >= 4 is 35.1 Å². The number of hydroxylamine groups is 2. The average molecular weight is 542 g/mol. The van der Waals surface area contributed by atoms with Gasteiger partial charge in [0.1, 0.15) is 12.0 Å². The van der Waals surface area contributed by atoms with Gasteiger partial charge in [0.15, 0.2) is 17.5 Å². The van der Waals surface area contributed by atoms with Crippen LogP contribution in [0.25, 0.3) is 11.3 Å². The highest BCUT2D eigenvalue weighted by molar-refractivity contribution is 6.31. The standard InChI is InChI=1S/C24H19ClF2N8O3/c25-15-2-4-17(33-11-29-31-32-33)21(23(15)27)12-7-13-1-3-18(35(13)20(37)8-12)24-28-9-16(30-24)14-5-6-34(38)19(10-36)22(14)26/h2,4-6,8-9,11,13,18,36,38H,1,3,7,10H2/b16-14+/t13-,18-/m0/s1/i13D. The van der Waals surface area contributed by atoms with Gasteiger partial charge in [0.05, 0.1) is 36.6 Å². The molecular formula is C24H19ClF2N8O3. The first-order valence-corrected chi connectivity index (χ1v) is 11.9. The van der Waals surface area contributed by atoms with Gasteiger partial charge in [-0.1, -0.05) is 11.6 Å². The first-order valence-electron chi connectivity index (χ1n) is 12.0. The van der Waals surface area contributed by atoms with Crippen LogP contribution < -0.4 is 0 Å². The first-order chi connectivity index (χ1) is 18.7. The maximum Gasteiger partial charge on any atom is 0.247 e. The van der Waals surface area contributed by atoms with Gasteiger partial charge < -0.3 is 10.0 Å². The highest BCUT2D eigenvalue weighted by Crippen LogP contribution is 2.41. The number of halogens is 3. The van der Waals surface area contributed by atoms with E-state index < -0.39 is 36.2 Å². The Morgan fingerprint density at radius 2 is 2.11 bits per heavy atom. The van der Waals surface area contributed by atoms with Crippen LogP contribution in [-0.2, 0) is 4.79 Å². The number of aliphatic imine (C=N–C) groups is 2. The van der Waals surface area contributed by atoms with Crippen molar-refractivity contribution in [2.45, 2.75) is 31.3 Å². The lowest BCUT2D eigenvalue weighted by atomic mass is 9.92. The molecule has 0 saturated carbocycles. The lowest BCUT2D eigenvalue weighted by molar-refractivity contribution is -0.128. The molecule has 0 radical (unpaired) electrons. The van der Waals surface area contributed by atoms with Crippen molar-refractivity contribution in [3.05, 3.63) is 76.0 Å². The van der Waals surface area contributed by atoms with Crippen LogP contribution in [0.5, 0.6) is 0 Å². The molecule has 0 aliphatic carbocycles. The molecule has 194 valence electrons. The van der Waals surface area contributed by atoms with Crippen molar-refractivity contribution in [1.29, 1.82) is 0 Å². The zero-order valence-corrected chi connectivity index (χ0v) is 20.2. The van der Waals surface area contributed by atoms with Crippen LogP contribution in [0.3, 0.4) is 0 Å². The molecule has 2 atom stereocenters. The minimum atomic E-state index is -1.43. The van der Waals surface area contributed by atoms with E-state index in [2.05, 4.69) is 25.5 Å². The number of fused-ring (bicyclic) bond motifs is 1. The fourth-order valence-electron chi connectivity index (χ4n) is 4.96. The van der Waals surface area contributed by atoms with E-state index in [1.807, 2.05) is 0 Å². The summed E-state index contributed by atoms with van der Waals surface area (Å²) in [6.45, 7) is -0.736. The van der Waals surface area contributed by atoms with Crippen molar-refractivity contribution in [2.24, 2.45) is 9.98 Å². The van der Waals surface area contributed by atoms with E-state index in [0.29, 0.717) is 11.5 Å². The highest BCUT2D eigenvalue weighted by Gasteiger charge is 2.43. The molecule has 4 aliphatic heterocycles. The lowest BCUT2D eigenvalue weighted by Gasteiger charge is -2.33. The van der Waals surface area contributed by atoms with Crippen LogP contribution in [0.4, 0.5) is 8.78 Å². The van der Waals surface area contributed by atoms with Crippen LogP contribution in [0.15, 0.2) is 69.6 Å². The molecule has 6 rings (SSSR count). The lowest BCUT2D eigenvalue weighted by Crippen LogP contribution is -2.45. The van der Waals surface area contributed by atoms with Gasteiger partial charge >= 0.3 is 0 Å². The molecule has 1 amide bonds. The van der Waals surface area contributed by atoms with E-state index in [0.717, 1.165) is 0 Å². The summed E-state index contributed by atoms with van der Waals surface area (Å²) in [5, 5.41) is 30.4. The Labute approximate surface area is 220 Å². The van der Waals surface area contributed by atoms with Crippen LogP contribution in [-0.4, -0.2) is 77.1 Å². The number of allylic oxidation sites excluding steroid dienone is 4. The van der Waals surface area contributed by atoms with E-state index in [1.54, 1.807) is 0 Å². The van der Waals surface area contributed by atoms with Gasteiger partial charge in [0.25, 0.3) is 0 Å². The van der Waals surface area contributed by atoms with Crippen LogP contribution in [0.1, 0.15) is 26.2 Å². The third kappa shape index (κ3) is 3.86. The molecule has 11 nitrogen and oxygen atoms in total. The Morgan fingerprint density at radius 3 is 2.87 bits per heavy atom. The average Bonchev–Trinajstić information content (AvgIpc) is 3.66. The summed E-state index contributed by atoms with van der Waals surface area (Å²) >= 11 is 6.07. The Balaban J connectivity index is 1.36. The molecule has 1 aromatic carbocycles. The summed E-state index contributed by atoms with van der Waals surface area (Å²) in [5.41, 5.74) is 0.394. The third-order valence-electron chi connectivity index (χ3n) is 6.70. The van der Waals surface area contributed by atoms with Gasteiger partial charge in [-0.05, 0) is 53.5 Å². The maximum absolute atomic E-state index is 15.3. The summed E-state index contributed by atoms with van der Waals surface area (Å²) in [4.78, 5) is 23.5. The Hall–Kier alpha value is -4.07. The van der Waals surface area contributed by atoms with Gasteiger partial charge in [-0.15, -0.1) is 5.10 Å². The van der Waals surface area contributed by atoms with E-state index in [-0.39, 0.29) is 57.5 Å². The molecular weight excluding hydrogens is 522 g/mol. The van der Waals surface area contributed by atoms with Gasteiger partial charge in [0.2, 0.25) is 5.91 Å². The van der Waals surface area contributed by atoms with Gasteiger partial charge in [-0.3, -0.25) is 10.0 Å². The molecule has 38 heavy (non-hydrogen) atoms. The zero-order chi connectivity index (χ0) is 27.5. The number of aliphatic hydroxyl groups excluding tert-OH is 1. The van der Waals surface area contributed by atoms with Crippen molar-refractivity contribution in [3.8, 4) is 5.69 Å². The third-order valence-corrected chi connectivity index (χ3v) is 7.00. The van der Waals surface area contributed by atoms with E-state index in [4.69, 9.17) is 13.0 Å². The predicted octanol–water partition coefficient (Wildman–Crippen LogP) is 2.73. The van der Waals surface area contributed by atoms with Crippen molar-refractivity contribution in [2.75, 3.05) is 6.61 Å². The second-order valence-corrected chi connectivity index (χ2v) is 9.20. The summed E-state index contributed by atoms with van der Waals surface area (Å²) in [6.07, 6.45) is 6.95. The predicted molar refractivity (Wildman–Crippen MR) is 131 cm³/mol. The summed E-state index contributed by atoms with van der Waals surface area (Å²) in [7, 11) is 0. The molecule has 1 aromatic heterocycles. The molecule has 4 aliphatic rings. The van der Waals surface area contributed by atoms with Gasteiger partial charge in [-0.2, -0.15) is 4.68 Å². The summed E-state index contributed by atoms with van der Waals surface area (Å²) in [6, 6.07) is 0.798. The molecule has 2 N–H and O–H groups in total. The van der Waals surface area contributed by atoms with Gasteiger partial charge in [0, 0.05) is 29.4 Å². The number of nitrogens with zero attached hydrogens (tertiary/aromatic N) is 8. The normalized spacial score (nSPS) is 27.2. The molecule has 0 unspecified atom stereocenters. The van der Waals surface area contributed by atoms with E-state index >= 15 is 4.39 Å². The van der Waals surface area contributed by atoms with Crippen molar-refractivity contribution in [3.63, 3.8) is 0 Å². The number of rotatable bonds is 4. The first kappa shape index (κ1) is 23.1. The monoisotopic (exact) mass is 541 g/mol. The molecule has 1 saturated heterocycles. The maximum atomic E-state index is 15.3. The SMILES string of the molecule is [2H][C@@]12CC[C@@H](C3=N/C(=C4\C=CN(O)C(CO)=C4F)C=N3)N1C(=O)C=C(c1c(-n3cnnn3)ccc(Cl)c1F)C2. The smallest absolute Gasteiger partial charge is 0.247 e. The Morgan fingerprint density at radius 1 is 1.26 bits per heavy atom. The molecule has 2 aromatic rings. The fraction of sp³-hybridized carbons (Fsp3) is 0.250. The molecule has 0 bridgehead atoms. The van der Waals surface area contributed by atoms with Crippen LogP contribution >= 0.6 is 11.6 Å². The Bertz CT molecular complexity index is 1590. The number of tetrazole rings is 1. The number of carbonyl (C=O) groups excluding carboxylic acids is 1. The quantitative estimate of drug-likeness (QED) is 0.608. The number of hydrogen-bond acceptors (Lipinski definition) is 9. The largest absolute Gasteiger partial charge is 0.390 e. The van der Waals surface area contributed by atoms with Crippen molar-refractivity contribution < 1.29 is 25.3 Å². The molecule has 1 fully saturated rings. The van der Waals surface area contributed by atoms with Crippen molar-refractivity contribution in [1.82, 2.24) is 30.2 Å². The minimum Gasteiger partial charge on any atom is -0.390 e. The number of carbonyl (C=O) groups is 1. The summed E-state index contributed by atoms with van der Waals surface area (Å²) < 4.78 is 40.6.